The zero-order valence-electron chi connectivity index (χ0n) is 12.6. The molecule has 24 heavy (non-hydrogen) atoms. The number of hydrogen-bond donors (Lipinski definition) is 1. The first-order valence-corrected chi connectivity index (χ1v) is 8.45. The molecule has 3 heterocycles. The Labute approximate surface area is 146 Å². The zero-order valence-corrected chi connectivity index (χ0v) is 14.2. The van der Waals surface area contributed by atoms with Gasteiger partial charge in [-0.25, -0.2) is 4.39 Å². The minimum Gasteiger partial charge on any atom is -0.368 e. The summed E-state index contributed by atoms with van der Waals surface area (Å²) in [6.07, 6.45) is 0. The summed E-state index contributed by atoms with van der Waals surface area (Å²) in [7, 11) is 0. The molecule has 0 aliphatic carbocycles. The van der Waals surface area contributed by atoms with Gasteiger partial charge in [0.1, 0.15) is 12.4 Å². The normalized spacial score (nSPS) is 26.8. The first-order chi connectivity index (χ1) is 11.6. The number of hydrogen-bond acceptors (Lipinski definition) is 5. The summed E-state index contributed by atoms with van der Waals surface area (Å²) in [6.45, 7) is 0.988. The van der Waals surface area contributed by atoms with E-state index in [-0.39, 0.29) is 37.1 Å². The lowest BCUT2D eigenvalue weighted by Gasteiger charge is -2.37. The van der Waals surface area contributed by atoms with Crippen LogP contribution < -0.4 is 5.32 Å². The second-order valence-corrected chi connectivity index (χ2v) is 6.93. The van der Waals surface area contributed by atoms with Crippen LogP contribution in [-0.4, -0.2) is 43.6 Å². The van der Waals surface area contributed by atoms with Crippen LogP contribution in [0, 0.1) is 11.7 Å². The molecule has 0 saturated carbocycles. The van der Waals surface area contributed by atoms with Gasteiger partial charge in [0.2, 0.25) is 0 Å². The van der Waals surface area contributed by atoms with Crippen molar-refractivity contribution >= 4 is 33.2 Å². The number of carbonyl (C=O) groups is 2. The van der Waals surface area contributed by atoms with E-state index in [1.807, 2.05) is 0 Å². The van der Waals surface area contributed by atoms with Gasteiger partial charge in [-0.2, -0.15) is 0 Å². The van der Waals surface area contributed by atoms with Gasteiger partial charge < -0.3 is 10.1 Å². The van der Waals surface area contributed by atoms with Gasteiger partial charge in [0.05, 0.1) is 35.0 Å². The third-order valence-corrected chi connectivity index (χ3v) is 5.22. The molecule has 0 amide bonds. The highest BCUT2D eigenvalue weighted by molar-refractivity contribution is 9.10. The number of nitrogens with one attached hydrogen (secondary N) is 1. The highest BCUT2D eigenvalue weighted by Crippen LogP contribution is 2.42. The van der Waals surface area contributed by atoms with Gasteiger partial charge in [0.15, 0.2) is 11.6 Å². The van der Waals surface area contributed by atoms with Crippen molar-refractivity contribution in [3.8, 4) is 0 Å². The quantitative estimate of drug-likeness (QED) is 0.790. The number of halogens is 2. The Morgan fingerprint density at radius 3 is 2.83 bits per heavy atom. The fraction of sp³-hybridized carbons (Fsp3) is 0.353. The second kappa shape index (κ2) is 5.98. The SMILES string of the molecule is O=C1CNCC2=C1C(c1ccc(F)c(Br)c1)C1C(=O)COCC1=N2. The number of benzene rings is 1. The van der Waals surface area contributed by atoms with Crippen LogP contribution in [0.1, 0.15) is 11.5 Å². The molecule has 3 aliphatic heterocycles. The molecule has 1 fully saturated rings. The van der Waals surface area contributed by atoms with Crippen molar-refractivity contribution in [3.05, 3.63) is 45.3 Å². The molecule has 7 heteroatoms. The average Bonchev–Trinajstić information content (AvgIpc) is 2.56. The molecule has 0 bridgehead atoms. The van der Waals surface area contributed by atoms with Gasteiger partial charge in [-0.1, -0.05) is 6.07 Å². The predicted octanol–water partition coefficient (Wildman–Crippen LogP) is 1.77. The van der Waals surface area contributed by atoms with Crippen molar-refractivity contribution in [2.75, 3.05) is 26.3 Å². The molecule has 1 N–H and O–H groups in total. The number of rotatable bonds is 1. The number of nitrogens with zero attached hydrogens (tertiary/aromatic N) is 1. The summed E-state index contributed by atoms with van der Waals surface area (Å²) in [5.74, 6) is -1.49. The number of carbonyl (C=O) groups excluding carboxylic acids is 2. The van der Waals surface area contributed by atoms with Gasteiger partial charge in [-0.05, 0) is 33.6 Å². The van der Waals surface area contributed by atoms with Crippen molar-refractivity contribution in [2.45, 2.75) is 5.92 Å². The molecule has 1 aromatic rings. The van der Waals surface area contributed by atoms with E-state index in [0.29, 0.717) is 28.0 Å². The van der Waals surface area contributed by atoms with E-state index in [4.69, 9.17) is 4.74 Å². The van der Waals surface area contributed by atoms with E-state index in [9.17, 15) is 14.0 Å². The summed E-state index contributed by atoms with van der Waals surface area (Å²) >= 11 is 3.19. The smallest absolute Gasteiger partial charge is 0.175 e. The van der Waals surface area contributed by atoms with Crippen LogP contribution in [0.15, 0.2) is 38.9 Å². The lowest BCUT2D eigenvalue weighted by Crippen LogP contribution is -2.47. The van der Waals surface area contributed by atoms with Crippen LogP contribution in [0.25, 0.3) is 0 Å². The second-order valence-electron chi connectivity index (χ2n) is 6.08. The highest BCUT2D eigenvalue weighted by Gasteiger charge is 2.45. The molecule has 124 valence electrons. The molecule has 2 atom stereocenters. The Kier molecular flexibility index (Phi) is 3.94. The van der Waals surface area contributed by atoms with E-state index < -0.39 is 11.8 Å². The summed E-state index contributed by atoms with van der Waals surface area (Å²) in [4.78, 5) is 29.6. The highest BCUT2D eigenvalue weighted by atomic mass is 79.9. The Hall–Kier alpha value is -1.70. The van der Waals surface area contributed by atoms with Crippen LogP contribution in [0.2, 0.25) is 0 Å². The molecular weight excluding hydrogens is 379 g/mol. The van der Waals surface area contributed by atoms with Crippen LogP contribution in [0.5, 0.6) is 0 Å². The Balaban J connectivity index is 1.91. The molecule has 4 rings (SSSR count). The number of ether oxygens (including phenoxy) is 1. The monoisotopic (exact) mass is 392 g/mol. The average molecular weight is 393 g/mol. The van der Waals surface area contributed by atoms with Gasteiger partial charge in [0.25, 0.3) is 0 Å². The third-order valence-electron chi connectivity index (χ3n) is 4.62. The number of Topliss-reactive ketones (excluding diaryl/α,β-unsaturated/α-hetero) is 2. The molecule has 0 spiro atoms. The molecule has 3 aliphatic rings. The predicted molar refractivity (Wildman–Crippen MR) is 88.5 cm³/mol. The van der Waals surface area contributed by atoms with E-state index in [2.05, 4.69) is 26.2 Å². The number of ketones is 2. The topological polar surface area (TPSA) is 67.8 Å². The van der Waals surface area contributed by atoms with Crippen LogP contribution in [0.4, 0.5) is 4.39 Å². The minimum atomic E-state index is -0.517. The lowest BCUT2D eigenvalue weighted by atomic mass is 9.71. The maximum Gasteiger partial charge on any atom is 0.175 e. The van der Waals surface area contributed by atoms with E-state index in [1.165, 1.54) is 6.07 Å². The summed E-state index contributed by atoms with van der Waals surface area (Å²) in [5.41, 5.74) is 2.60. The first kappa shape index (κ1) is 15.8. The Morgan fingerprint density at radius 2 is 2.04 bits per heavy atom. The zero-order chi connectivity index (χ0) is 16.8. The number of aliphatic imine (C=N–C) groups is 1. The van der Waals surface area contributed by atoms with Crippen molar-refractivity contribution < 1.29 is 18.7 Å². The summed E-state index contributed by atoms with van der Waals surface area (Å²) in [6, 6.07) is 4.63. The maximum absolute atomic E-state index is 13.6. The fourth-order valence-electron chi connectivity index (χ4n) is 3.61. The molecule has 1 saturated heterocycles. The van der Waals surface area contributed by atoms with Crippen molar-refractivity contribution in [3.63, 3.8) is 0 Å². The van der Waals surface area contributed by atoms with Gasteiger partial charge in [-0.15, -0.1) is 0 Å². The molecule has 5 nitrogen and oxygen atoms in total. The molecular formula is C17H14BrFN2O3. The molecule has 2 unspecified atom stereocenters. The molecule has 1 aromatic carbocycles. The summed E-state index contributed by atoms with van der Waals surface area (Å²) in [5, 5.41) is 3.02. The van der Waals surface area contributed by atoms with Crippen LogP contribution in [-0.2, 0) is 14.3 Å². The lowest BCUT2D eigenvalue weighted by molar-refractivity contribution is -0.127. The van der Waals surface area contributed by atoms with E-state index in [1.54, 1.807) is 12.1 Å². The Morgan fingerprint density at radius 1 is 1.21 bits per heavy atom. The first-order valence-electron chi connectivity index (χ1n) is 7.66. The van der Waals surface area contributed by atoms with Crippen molar-refractivity contribution in [1.29, 1.82) is 0 Å². The Bertz CT molecular complexity index is 818. The van der Waals surface area contributed by atoms with E-state index in [0.717, 1.165) is 5.56 Å². The van der Waals surface area contributed by atoms with Gasteiger partial charge >= 0.3 is 0 Å². The van der Waals surface area contributed by atoms with Gasteiger partial charge in [-0.3, -0.25) is 14.6 Å². The van der Waals surface area contributed by atoms with Gasteiger partial charge in [0, 0.05) is 18.0 Å². The minimum absolute atomic E-state index is 0.0115. The van der Waals surface area contributed by atoms with Crippen molar-refractivity contribution in [2.24, 2.45) is 10.9 Å². The largest absolute Gasteiger partial charge is 0.368 e. The third kappa shape index (κ3) is 2.47. The van der Waals surface area contributed by atoms with Crippen molar-refractivity contribution in [1.82, 2.24) is 5.32 Å². The maximum atomic E-state index is 13.6. The fourth-order valence-corrected chi connectivity index (χ4v) is 4.00. The standard InChI is InChI=1S/C17H14BrFN2O3/c18-9-3-8(1-2-10(9)19)15-16-11(4-20-5-13(16)22)21-12-6-24-7-14(23)17(12)15/h1-3,15,17,20H,4-7H2. The summed E-state index contributed by atoms with van der Waals surface area (Å²) < 4.78 is 19.3. The molecule has 0 aromatic heterocycles. The van der Waals surface area contributed by atoms with Crippen LogP contribution >= 0.6 is 15.9 Å². The van der Waals surface area contributed by atoms with E-state index >= 15 is 0 Å². The van der Waals surface area contributed by atoms with Crippen LogP contribution in [0.3, 0.4) is 0 Å². The number of fused-ring (bicyclic) bond motifs is 1. The molecule has 0 radical (unpaired) electrons.